The molecule has 82 valence electrons. The molecule has 0 spiro atoms. The summed E-state index contributed by atoms with van der Waals surface area (Å²) in [4.78, 5) is 11.2. The van der Waals surface area contributed by atoms with Crippen molar-refractivity contribution in [2.75, 3.05) is 7.05 Å². The molecule has 0 aliphatic carbocycles. The monoisotopic (exact) mass is 207 g/mol. The number of amides is 1. The van der Waals surface area contributed by atoms with Gasteiger partial charge in [0.1, 0.15) is 5.75 Å². The van der Waals surface area contributed by atoms with Gasteiger partial charge in [-0.3, -0.25) is 4.79 Å². The Morgan fingerprint density at radius 2 is 2.00 bits per heavy atom. The lowest BCUT2D eigenvalue weighted by Gasteiger charge is -2.13. The lowest BCUT2D eigenvalue weighted by molar-refractivity contribution is -0.126. The minimum atomic E-state index is -0.461. The number of ether oxygens (including phenoxy) is 1. The number of benzene rings is 1. The molecule has 0 radical (unpaired) electrons. The first-order valence-electron chi connectivity index (χ1n) is 5.00. The van der Waals surface area contributed by atoms with Crippen molar-refractivity contribution in [3.05, 3.63) is 29.3 Å². The summed E-state index contributed by atoms with van der Waals surface area (Å²) in [5.41, 5.74) is 2.38. The van der Waals surface area contributed by atoms with Gasteiger partial charge in [0, 0.05) is 7.05 Å². The highest BCUT2D eigenvalue weighted by Gasteiger charge is 2.12. The molecule has 1 rings (SSSR count). The Hall–Kier alpha value is -1.51. The van der Waals surface area contributed by atoms with Crippen molar-refractivity contribution in [3.8, 4) is 5.75 Å². The highest BCUT2D eigenvalue weighted by molar-refractivity contribution is 5.80. The predicted octanol–water partition coefficient (Wildman–Crippen LogP) is 1.82. The SMILES string of the molecule is CNC(=O)[C@@H](C)Oc1ccc(C)c(C)c1. The molecule has 3 nitrogen and oxygen atoms in total. The van der Waals surface area contributed by atoms with Crippen molar-refractivity contribution in [3.63, 3.8) is 0 Å². The maximum absolute atomic E-state index is 11.2. The zero-order valence-electron chi connectivity index (χ0n) is 9.63. The van der Waals surface area contributed by atoms with E-state index in [4.69, 9.17) is 4.74 Å². The summed E-state index contributed by atoms with van der Waals surface area (Å²) < 4.78 is 5.49. The van der Waals surface area contributed by atoms with Gasteiger partial charge < -0.3 is 10.1 Å². The van der Waals surface area contributed by atoms with Gasteiger partial charge >= 0.3 is 0 Å². The van der Waals surface area contributed by atoms with Crippen molar-refractivity contribution in [1.82, 2.24) is 5.32 Å². The molecule has 0 saturated carbocycles. The summed E-state index contributed by atoms with van der Waals surface area (Å²) in [6, 6.07) is 5.80. The summed E-state index contributed by atoms with van der Waals surface area (Å²) in [7, 11) is 1.60. The molecule has 0 saturated heterocycles. The van der Waals surface area contributed by atoms with Gasteiger partial charge in [0.25, 0.3) is 5.91 Å². The number of hydrogen-bond acceptors (Lipinski definition) is 2. The second-order valence-electron chi connectivity index (χ2n) is 3.62. The van der Waals surface area contributed by atoms with Crippen molar-refractivity contribution in [2.24, 2.45) is 0 Å². The molecule has 1 amide bonds. The van der Waals surface area contributed by atoms with Crippen LogP contribution in [0, 0.1) is 13.8 Å². The van der Waals surface area contributed by atoms with Gasteiger partial charge in [0.15, 0.2) is 6.10 Å². The molecular weight excluding hydrogens is 190 g/mol. The van der Waals surface area contributed by atoms with Gasteiger partial charge in [0.05, 0.1) is 0 Å². The third-order valence-electron chi connectivity index (χ3n) is 2.41. The van der Waals surface area contributed by atoms with Gasteiger partial charge in [-0.05, 0) is 44.0 Å². The minimum Gasteiger partial charge on any atom is -0.481 e. The number of rotatable bonds is 3. The molecule has 0 unspecified atom stereocenters. The van der Waals surface area contributed by atoms with E-state index in [2.05, 4.69) is 5.32 Å². The van der Waals surface area contributed by atoms with Crippen molar-refractivity contribution in [2.45, 2.75) is 26.9 Å². The van der Waals surface area contributed by atoms with E-state index in [-0.39, 0.29) is 5.91 Å². The van der Waals surface area contributed by atoms with Crippen LogP contribution >= 0.6 is 0 Å². The van der Waals surface area contributed by atoms with Gasteiger partial charge in [-0.15, -0.1) is 0 Å². The van der Waals surface area contributed by atoms with Crippen LogP contribution in [0.5, 0.6) is 5.75 Å². The zero-order valence-corrected chi connectivity index (χ0v) is 9.63. The van der Waals surface area contributed by atoms with E-state index in [0.717, 1.165) is 11.3 Å². The van der Waals surface area contributed by atoms with Crippen LogP contribution in [0.1, 0.15) is 18.1 Å². The number of nitrogens with one attached hydrogen (secondary N) is 1. The summed E-state index contributed by atoms with van der Waals surface area (Å²) >= 11 is 0. The average molecular weight is 207 g/mol. The van der Waals surface area contributed by atoms with Gasteiger partial charge in [-0.1, -0.05) is 6.07 Å². The molecule has 15 heavy (non-hydrogen) atoms. The summed E-state index contributed by atoms with van der Waals surface area (Å²) in [6.45, 7) is 5.79. The smallest absolute Gasteiger partial charge is 0.260 e. The molecule has 1 N–H and O–H groups in total. The Labute approximate surface area is 90.4 Å². The summed E-state index contributed by atoms with van der Waals surface area (Å²) in [5.74, 6) is 0.613. The van der Waals surface area contributed by atoms with Crippen molar-refractivity contribution < 1.29 is 9.53 Å². The molecule has 1 aromatic rings. The largest absolute Gasteiger partial charge is 0.481 e. The van der Waals surface area contributed by atoms with Gasteiger partial charge in [-0.2, -0.15) is 0 Å². The highest BCUT2D eigenvalue weighted by Crippen LogP contribution is 2.17. The topological polar surface area (TPSA) is 38.3 Å². The minimum absolute atomic E-state index is 0.117. The zero-order chi connectivity index (χ0) is 11.4. The molecule has 0 fully saturated rings. The van der Waals surface area contributed by atoms with Crippen LogP contribution in [-0.4, -0.2) is 19.1 Å². The molecule has 1 atom stereocenters. The number of carbonyl (C=O) groups excluding carboxylic acids is 1. The highest BCUT2D eigenvalue weighted by atomic mass is 16.5. The Balaban J connectivity index is 2.73. The molecule has 0 bridgehead atoms. The molecule has 0 aromatic heterocycles. The Bertz CT molecular complexity index is 361. The lowest BCUT2D eigenvalue weighted by atomic mass is 10.1. The second-order valence-corrected chi connectivity index (χ2v) is 3.62. The van der Waals surface area contributed by atoms with E-state index in [1.165, 1.54) is 5.56 Å². The molecular formula is C12H17NO2. The Kier molecular flexibility index (Phi) is 3.72. The maximum Gasteiger partial charge on any atom is 0.260 e. The standard InChI is InChI=1S/C12H17NO2/c1-8-5-6-11(7-9(8)2)15-10(3)12(14)13-4/h5-7,10H,1-4H3,(H,13,14)/t10-/m1/s1. The van der Waals surface area contributed by atoms with E-state index < -0.39 is 6.10 Å². The van der Waals surface area contributed by atoms with E-state index in [9.17, 15) is 4.79 Å². The van der Waals surface area contributed by atoms with E-state index in [0.29, 0.717) is 0 Å². The number of hydrogen-bond donors (Lipinski definition) is 1. The van der Waals surface area contributed by atoms with Gasteiger partial charge in [-0.25, -0.2) is 0 Å². The van der Waals surface area contributed by atoms with Gasteiger partial charge in [0.2, 0.25) is 0 Å². The van der Waals surface area contributed by atoms with E-state index in [1.54, 1.807) is 14.0 Å². The molecule has 0 aliphatic rings. The van der Waals surface area contributed by atoms with Crippen molar-refractivity contribution in [1.29, 1.82) is 0 Å². The maximum atomic E-state index is 11.2. The van der Waals surface area contributed by atoms with Crippen LogP contribution < -0.4 is 10.1 Å². The van der Waals surface area contributed by atoms with Crippen LogP contribution in [0.15, 0.2) is 18.2 Å². The second kappa shape index (κ2) is 4.82. The fourth-order valence-electron chi connectivity index (χ4n) is 1.25. The third kappa shape index (κ3) is 2.98. The first-order chi connectivity index (χ1) is 7.04. The Morgan fingerprint density at radius 1 is 1.33 bits per heavy atom. The quantitative estimate of drug-likeness (QED) is 0.821. The average Bonchev–Trinajstić information content (AvgIpc) is 2.22. The first-order valence-corrected chi connectivity index (χ1v) is 5.00. The van der Waals surface area contributed by atoms with Crippen LogP contribution in [0.3, 0.4) is 0 Å². The number of likely N-dealkylation sites (N-methyl/N-ethyl adjacent to an activating group) is 1. The first kappa shape index (κ1) is 11.6. The Morgan fingerprint density at radius 3 is 2.53 bits per heavy atom. The third-order valence-corrected chi connectivity index (χ3v) is 2.41. The van der Waals surface area contributed by atoms with Crippen LogP contribution in [-0.2, 0) is 4.79 Å². The van der Waals surface area contributed by atoms with E-state index >= 15 is 0 Å². The fraction of sp³-hybridized carbons (Fsp3) is 0.417. The normalized spacial score (nSPS) is 12.0. The fourth-order valence-corrected chi connectivity index (χ4v) is 1.25. The molecule has 1 aromatic carbocycles. The van der Waals surface area contributed by atoms with Crippen molar-refractivity contribution >= 4 is 5.91 Å². The molecule has 3 heteroatoms. The van der Waals surface area contributed by atoms with E-state index in [1.807, 2.05) is 32.0 Å². The van der Waals surface area contributed by atoms with Crippen LogP contribution in [0.4, 0.5) is 0 Å². The molecule has 0 heterocycles. The number of aryl methyl sites for hydroxylation is 2. The summed E-state index contributed by atoms with van der Waals surface area (Å²) in [5, 5.41) is 2.55. The lowest BCUT2D eigenvalue weighted by Crippen LogP contribution is -2.33. The van der Waals surface area contributed by atoms with Crippen LogP contribution in [0.2, 0.25) is 0 Å². The number of carbonyl (C=O) groups is 1. The molecule has 0 aliphatic heterocycles. The summed E-state index contributed by atoms with van der Waals surface area (Å²) in [6.07, 6.45) is -0.461. The predicted molar refractivity (Wildman–Crippen MR) is 60.1 cm³/mol. The van der Waals surface area contributed by atoms with Crippen LogP contribution in [0.25, 0.3) is 0 Å².